The summed E-state index contributed by atoms with van der Waals surface area (Å²) in [5.41, 5.74) is 1.23. The molecule has 1 saturated heterocycles. The molecule has 5 heteroatoms. The van der Waals surface area contributed by atoms with Gasteiger partial charge in [-0.05, 0) is 67.0 Å². The highest BCUT2D eigenvalue weighted by Crippen LogP contribution is 2.38. The second kappa shape index (κ2) is 8.35. The molecule has 3 nitrogen and oxygen atoms in total. The molecule has 1 fully saturated rings. The molecule has 0 atom stereocenters. The third-order valence-electron chi connectivity index (χ3n) is 5.89. The Morgan fingerprint density at radius 1 is 0.966 bits per heavy atom. The first kappa shape index (κ1) is 20.2. The van der Waals surface area contributed by atoms with Crippen molar-refractivity contribution in [3.63, 3.8) is 0 Å². The Labute approximate surface area is 181 Å². The molecule has 0 spiro atoms. The summed E-state index contributed by atoms with van der Waals surface area (Å²) < 4.78 is 5.81. The zero-order valence-corrected chi connectivity index (χ0v) is 17.8. The van der Waals surface area contributed by atoms with Crippen LogP contribution in [0.3, 0.4) is 0 Å². The van der Waals surface area contributed by atoms with Crippen LogP contribution in [-0.4, -0.2) is 31.0 Å². The molecule has 0 aromatic heterocycles. The summed E-state index contributed by atoms with van der Waals surface area (Å²) in [6.07, 6.45) is 1.48. The van der Waals surface area contributed by atoms with E-state index in [-0.39, 0.29) is 12.6 Å². The van der Waals surface area contributed by atoms with Gasteiger partial charge in [0.2, 0.25) is 0 Å². The molecule has 29 heavy (non-hydrogen) atoms. The van der Waals surface area contributed by atoms with Crippen LogP contribution in [0.2, 0.25) is 10.0 Å². The van der Waals surface area contributed by atoms with E-state index in [0.29, 0.717) is 10.0 Å². The Bertz CT molecular complexity index is 1040. The summed E-state index contributed by atoms with van der Waals surface area (Å²) in [5.74, 6) is -0.174. The van der Waals surface area contributed by atoms with Crippen LogP contribution < -0.4 is 0 Å². The minimum Gasteiger partial charge on any atom is -0.460 e. The zero-order valence-electron chi connectivity index (χ0n) is 16.3. The lowest BCUT2D eigenvalue weighted by Gasteiger charge is -2.39. The molecule has 0 unspecified atom stereocenters. The van der Waals surface area contributed by atoms with Crippen LogP contribution in [0.25, 0.3) is 10.8 Å². The third kappa shape index (κ3) is 4.13. The Kier molecular flexibility index (Phi) is 5.82. The number of rotatable bonds is 4. The number of fused-ring (bicyclic) bond motifs is 1. The maximum Gasteiger partial charge on any atom is 0.316 e. The highest BCUT2D eigenvalue weighted by atomic mass is 35.5. The molecule has 0 amide bonds. The number of esters is 1. The predicted octanol–water partition coefficient (Wildman–Crippen LogP) is 5.85. The molecule has 0 N–H and O–H groups in total. The number of likely N-dealkylation sites (tertiary alicyclic amines) is 1. The van der Waals surface area contributed by atoms with Crippen LogP contribution in [0.1, 0.15) is 24.0 Å². The van der Waals surface area contributed by atoms with E-state index in [0.717, 1.165) is 42.4 Å². The molecule has 1 heterocycles. The van der Waals surface area contributed by atoms with Crippen molar-refractivity contribution in [2.75, 3.05) is 20.1 Å². The molecule has 0 aliphatic carbocycles. The van der Waals surface area contributed by atoms with Crippen LogP contribution >= 0.6 is 23.2 Å². The number of carbonyl (C=O) groups is 1. The number of benzene rings is 3. The molecular formula is C24H23Cl2NO2. The lowest BCUT2D eigenvalue weighted by molar-refractivity contribution is -0.154. The van der Waals surface area contributed by atoms with E-state index in [1.165, 1.54) is 5.39 Å². The standard InChI is InChI=1S/C24H23Cl2NO2/c1-27-12-10-24(11-13-27,20-8-7-18-4-2-3-5-19(18)15-20)23(28)29-16-17-6-9-21(25)22(26)14-17/h2-9,14-15H,10-13,16H2,1H3. The van der Waals surface area contributed by atoms with E-state index in [1.54, 1.807) is 12.1 Å². The van der Waals surface area contributed by atoms with E-state index in [1.807, 2.05) is 18.2 Å². The summed E-state index contributed by atoms with van der Waals surface area (Å²) in [6, 6.07) is 19.8. The van der Waals surface area contributed by atoms with Gasteiger partial charge < -0.3 is 9.64 Å². The third-order valence-corrected chi connectivity index (χ3v) is 6.63. The van der Waals surface area contributed by atoms with Crippen molar-refractivity contribution >= 4 is 39.9 Å². The minimum atomic E-state index is -0.632. The van der Waals surface area contributed by atoms with E-state index in [4.69, 9.17) is 27.9 Å². The van der Waals surface area contributed by atoms with Gasteiger partial charge in [0, 0.05) is 0 Å². The lowest BCUT2D eigenvalue weighted by atomic mass is 9.72. The summed E-state index contributed by atoms with van der Waals surface area (Å²) in [5, 5.41) is 3.26. The van der Waals surface area contributed by atoms with Crippen molar-refractivity contribution in [3.8, 4) is 0 Å². The van der Waals surface area contributed by atoms with Gasteiger partial charge in [0.15, 0.2) is 0 Å². The summed E-state index contributed by atoms with van der Waals surface area (Å²) in [4.78, 5) is 15.6. The molecule has 150 valence electrons. The van der Waals surface area contributed by atoms with Crippen molar-refractivity contribution in [2.24, 2.45) is 0 Å². The Balaban J connectivity index is 1.63. The molecule has 1 aliphatic rings. The fourth-order valence-corrected chi connectivity index (χ4v) is 4.34. The molecule has 1 aliphatic heterocycles. The van der Waals surface area contributed by atoms with Gasteiger partial charge in [0.1, 0.15) is 6.61 Å². The second-order valence-electron chi connectivity index (χ2n) is 7.77. The topological polar surface area (TPSA) is 29.5 Å². The molecular weight excluding hydrogens is 405 g/mol. The molecule has 3 aromatic carbocycles. The highest BCUT2D eigenvalue weighted by Gasteiger charge is 2.43. The van der Waals surface area contributed by atoms with Gasteiger partial charge >= 0.3 is 5.97 Å². The van der Waals surface area contributed by atoms with Gasteiger partial charge in [-0.15, -0.1) is 0 Å². The van der Waals surface area contributed by atoms with Gasteiger partial charge in [-0.25, -0.2) is 0 Å². The van der Waals surface area contributed by atoms with E-state index < -0.39 is 5.41 Å². The van der Waals surface area contributed by atoms with Gasteiger partial charge in [-0.2, -0.15) is 0 Å². The lowest BCUT2D eigenvalue weighted by Crippen LogP contribution is -2.47. The Hall–Kier alpha value is -2.07. The number of ether oxygens (including phenoxy) is 1. The largest absolute Gasteiger partial charge is 0.460 e. The number of nitrogens with zero attached hydrogens (tertiary/aromatic N) is 1. The van der Waals surface area contributed by atoms with Crippen LogP contribution in [0, 0.1) is 0 Å². The van der Waals surface area contributed by atoms with Gasteiger partial charge in [-0.3, -0.25) is 4.79 Å². The maximum atomic E-state index is 13.4. The smallest absolute Gasteiger partial charge is 0.316 e. The Morgan fingerprint density at radius 2 is 1.69 bits per heavy atom. The fraction of sp³-hybridized carbons (Fsp3) is 0.292. The van der Waals surface area contributed by atoms with E-state index in [2.05, 4.69) is 42.3 Å². The molecule has 3 aromatic rings. The van der Waals surface area contributed by atoms with Crippen LogP contribution in [-0.2, 0) is 21.6 Å². The Morgan fingerprint density at radius 3 is 2.41 bits per heavy atom. The fourth-order valence-electron chi connectivity index (χ4n) is 4.01. The number of hydrogen-bond acceptors (Lipinski definition) is 3. The summed E-state index contributed by atoms with van der Waals surface area (Å²) in [6.45, 7) is 1.89. The van der Waals surface area contributed by atoms with Crippen LogP contribution in [0.15, 0.2) is 60.7 Å². The van der Waals surface area contributed by atoms with E-state index in [9.17, 15) is 4.79 Å². The quantitative estimate of drug-likeness (QED) is 0.488. The number of hydrogen-bond donors (Lipinski definition) is 0. The first-order valence-corrected chi connectivity index (χ1v) is 10.5. The number of carbonyl (C=O) groups excluding carboxylic acids is 1. The second-order valence-corrected chi connectivity index (χ2v) is 8.59. The maximum absolute atomic E-state index is 13.4. The van der Waals surface area contributed by atoms with Crippen molar-refractivity contribution in [3.05, 3.63) is 81.8 Å². The van der Waals surface area contributed by atoms with Gasteiger partial charge in [-0.1, -0.05) is 71.7 Å². The number of piperidine rings is 1. The normalized spacial score (nSPS) is 16.7. The van der Waals surface area contributed by atoms with Crippen molar-refractivity contribution in [2.45, 2.75) is 24.9 Å². The molecule has 0 saturated carbocycles. The summed E-state index contributed by atoms with van der Waals surface area (Å²) >= 11 is 12.1. The van der Waals surface area contributed by atoms with Gasteiger partial charge in [0.25, 0.3) is 0 Å². The van der Waals surface area contributed by atoms with Gasteiger partial charge in [0.05, 0.1) is 15.5 Å². The zero-order chi connectivity index (χ0) is 20.4. The van der Waals surface area contributed by atoms with Crippen molar-refractivity contribution in [1.82, 2.24) is 4.90 Å². The average Bonchev–Trinajstić information content (AvgIpc) is 2.75. The first-order chi connectivity index (χ1) is 14.0. The average molecular weight is 428 g/mol. The monoisotopic (exact) mass is 427 g/mol. The first-order valence-electron chi connectivity index (χ1n) is 9.77. The highest BCUT2D eigenvalue weighted by molar-refractivity contribution is 6.42. The van der Waals surface area contributed by atoms with Crippen molar-refractivity contribution < 1.29 is 9.53 Å². The minimum absolute atomic E-state index is 0.174. The molecule has 4 rings (SSSR count). The van der Waals surface area contributed by atoms with Crippen LogP contribution in [0.5, 0.6) is 0 Å². The number of halogens is 2. The molecule has 0 bridgehead atoms. The summed E-state index contributed by atoms with van der Waals surface area (Å²) in [7, 11) is 2.09. The van der Waals surface area contributed by atoms with Crippen LogP contribution in [0.4, 0.5) is 0 Å². The predicted molar refractivity (Wildman–Crippen MR) is 119 cm³/mol. The SMILES string of the molecule is CN1CCC(C(=O)OCc2ccc(Cl)c(Cl)c2)(c2ccc3ccccc3c2)CC1. The van der Waals surface area contributed by atoms with Crippen molar-refractivity contribution in [1.29, 1.82) is 0 Å². The van der Waals surface area contributed by atoms with E-state index >= 15 is 0 Å². The molecule has 0 radical (unpaired) electrons.